The van der Waals surface area contributed by atoms with Gasteiger partial charge in [-0.05, 0) is 22.0 Å². The molecule has 2 aromatic rings. The predicted molar refractivity (Wildman–Crippen MR) is 51.5 cm³/mol. The van der Waals surface area contributed by atoms with Gasteiger partial charge in [-0.15, -0.1) is 0 Å². The number of benzene rings is 1. The minimum Gasteiger partial charge on any atom is -0.441 e. The number of hydrogen-bond donors (Lipinski definition) is 0. The Kier molecular flexibility index (Phi) is 1.85. The van der Waals surface area contributed by atoms with E-state index < -0.39 is 0 Å². The van der Waals surface area contributed by atoms with Gasteiger partial charge in [0.1, 0.15) is 5.52 Å². The van der Waals surface area contributed by atoms with Crippen molar-refractivity contribution in [1.82, 2.24) is 4.98 Å². The Labute approximate surface area is 82.7 Å². The molecule has 0 saturated carbocycles. The van der Waals surface area contributed by atoms with Crippen molar-refractivity contribution < 1.29 is 4.42 Å². The van der Waals surface area contributed by atoms with Crippen molar-refractivity contribution in [2.75, 3.05) is 0 Å². The maximum absolute atomic E-state index is 5.86. The highest BCUT2D eigenvalue weighted by atomic mass is 79.9. The molecule has 0 atom stereocenters. The molecule has 0 radical (unpaired) electrons. The van der Waals surface area contributed by atoms with Crippen molar-refractivity contribution in [3.05, 3.63) is 27.5 Å². The summed E-state index contributed by atoms with van der Waals surface area (Å²) < 4.78 is 6.13. The summed E-state index contributed by atoms with van der Waals surface area (Å²) in [6, 6.07) is 3.59. The standard InChI is InChI=1S/C8H5BrClNO/c1-4-11-7-2-5(9)6(10)3-8(7)12-4/h2-3H,1H3. The zero-order chi connectivity index (χ0) is 8.72. The minimum atomic E-state index is 0.638. The molecule has 0 aliphatic carbocycles. The fourth-order valence-corrected chi connectivity index (χ4v) is 1.52. The summed E-state index contributed by atoms with van der Waals surface area (Å²) in [5.41, 5.74) is 1.55. The molecule has 1 aromatic carbocycles. The highest BCUT2D eigenvalue weighted by Crippen LogP contribution is 2.28. The topological polar surface area (TPSA) is 26.0 Å². The van der Waals surface area contributed by atoms with Crippen molar-refractivity contribution in [2.45, 2.75) is 6.92 Å². The Morgan fingerprint density at radius 2 is 2.25 bits per heavy atom. The van der Waals surface area contributed by atoms with Gasteiger partial charge in [0.15, 0.2) is 11.5 Å². The number of hydrogen-bond acceptors (Lipinski definition) is 2. The normalized spacial score (nSPS) is 10.9. The monoisotopic (exact) mass is 245 g/mol. The molecule has 4 heteroatoms. The number of fused-ring (bicyclic) bond motifs is 1. The Morgan fingerprint density at radius 3 is 3.00 bits per heavy atom. The van der Waals surface area contributed by atoms with Gasteiger partial charge >= 0.3 is 0 Å². The lowest BCUT2D eigenvalue weighted by molar-refractivity contribution is 0.561. The Hall–Kier alpha value is -0.540. The summed E-state index contributed by atoms with van der Waals surface area (Å²) in [5, 5.41) is 0.638. The maximum Gasteiger partial charge on any atom is 0.192 e. The first kappa shape index (κ1) is 8.08. The summed E-state index contributed by atoms with van der Waals surface area (Å²) >= 11 is 9.17. The number of oxazole rings is 1. The van der Waals surface area contributed by atoms with Crippen molar-refractivity contribution in [3.63, 3.8) is 0 Å². The van der Waals surface area contributed by atoms with Gasteiger partial charge in [-0.1, -0.05) is 11.6 Å². The van der Waals surface area contributed by atoms with Crippen LogP contribution in [0.25, 0.3) is 11.1 Å². The van der Waals surface area contributed by atoms with Crippen LogP contribution in [0, 0.1) is 6.92 Å². The van der Waals surface area contributed by atoms with Gasteiger partial charge in [-0.3, -0.25) is 0 Å². The van der Waals surface area contributed by atoms with Gasteiger partial charge < -0.3 is 4.42 Å². The molecule has 0 amide bonds. The van der Waals surface area contributed by atoms with Crippen LogP contribution >= 0.6 is 27.5 Å². The van der Waals surface area contributed by atoms with Crippen LogP contribution in [0.4, 0.5) is 0 Å². The van der Waals surface area contributed by atoms with Crippen molar-refractivity contribution in [1.29, 1.82) is 0 Å². The molecule has 2 rings (SSSR count). The van der Waals surface area contributed by atoms with E-state index in [0.29, 0.717) is 10.9 Å². The zero-order valence-corrected chi connectivity index (χ0v) is 8.61. The quantitative estimate of drug-likeness (QED) is 0.710. The van der Waals surface area contributed by atoms with Crippen LogP contribution in [-0.2, 0) is 0 Å². The van der Waals surface area contributed by atoms with Gasteiger partial charge in [-0.25, -0.2) is 4.98 Å². The van der Waals surface area contributed by atoms with Crippen LogP contribution in [0.5, 0.6) is 0 Å². The molecule has 2 nitrogen and oxygen atoms in total. The molecule has 0 bridgehead atoms. The molecule has 0 spiro atoms. The molecule has 1 heterocycles. The van der Waals surface area contributed by atoms with Gasteiger partial charge in [0.05, 0.1) is 5.02 Å². The fourth-order valence-electron chi connectivity index (χ4n) is 1.04. The lowest BCUT2D eigenvalue weighted by atomic mass is 10.3. The van der Waals surface area contributed by atoms with Crippen LogP contribution in [-0.4, -0.2) is 4.98 Å². The Morgan fingerprint density at radius 1 is 1.50 bits per heavy atom. The molecule has 0 saturated heterocycles. The van der Waals surface area contributed by atoms with Gasteiger partial charge in [0, 0.05) is 17.5 Å². The molecule has 0 unspecified atom stereocenters. The summed E-state index contributed by atoms with van der Waals surface area (Å²) in [5.74, 6) is 0.652. The second kappa shape index (κ2) is 2.75. The molecule has 0 N–H and O–H groups in total. The summed E-state index contributed by atoms with van der Waals surface area (Å²) in [4.78, 5) is 4.16. The van der Waals surface area contributed by atoms with E-state index in [1.165, 1.54) is 0 Å². The first-order valence-corrected chi connectivity index (χ1v) is 4.56. The second-order valence-electron chi connectivity index (χ2n) is 2.47. The van der Waals surface area contributed by atoms with E-state index in [4.69, 9.17) is 16.0 Å². The number of aromatic nitrogens is 1. The van der Waals surface area contributed by atoms with Crippen LogP contribution in [0.15, 0.2) is 21.0 Å². The molecule has 0 aliphatic rings. The number of aryl methyl sites for hydroxylation is 1. The fraction of sp³-hybridized carbons (Fsp3) is 0.125. The molecule has 1 aromatic heterocycles. The average molecular weight is 246 g/mol. The maximum atomic E-state index is 5.86. The molecule has 62 valence electrons. The summed E-state index contributed by atoms with van der Waals surface area (Å²) in [6.07, 6.45) is 0. The van der Waals surface area contributed by atoms with E-state index >= 15 is 0 Å². The van der Waals surface area contributed by atoms with Gasteiger partial charge in [-0.2, -0.15) is 0 Å². The highest BCUT2D eigenvalue weighted by molar-refractivity contribution is 9.10. The lowest BCUT2D eigenvalue weighted by Crippen LogP contribution is -1.71. The van der Waals surface area contributed by atoms with Crippen molar-refractivity contribution in [2.24, 2.45) is 0 Å². The SMILES string of the molecule is Cc1nc2cc(Br)c(Cl)cc2o1. The third-order valence-corrected chi connectivity index (χ3v) is 2.73. The second-order valence-corrected chi connectivity index (χ2v) is 3.73. The zero-order valence-electron chi connectivity index (χ0n) is 6.27. The lowest BCUT2D eigenvalue weighted by Gasteiger charge is -1.92. The Bertz CT molecular complexity index is 399. The van der Waals surface area contributed by atoms with Crippen LogP contribution in [0.2, 0.25) is 5.02 Å². The smallest absolute Gasteiger partial charge is 0.192 e. The molecular formula is C8H5BrClNO. The largest absolute Gasteiger partial charge is 0.441 e. The molecule has 0 fully saturated rings. The van der Waals surface area contributed by atoms with E-state index in [1.807, 2.05) is 13.0 Å². The van der Waals surface area contributed by atoms with E-state index in [2.05, 4.69) is 20.9 Å². The van der Waals surface area contributed by atoms with E-state index in [0.717, 1.165) is 15.6 Å². The summed E-state index contributed by atoms with van der Waals surface area (Å²) in [7, 11) is 0. The van der Waals surface area contributed by atoms with Gasteiger partial charge in [0.25, 0.3) is 0 Å². The molecule has 12 heavy (non-hydrogen) atoms. The average Bonchev–Trinajstić information content (AvgIpc) is 2.30. The van der Waals surface area contributed by atoms with Crippen molar-refractivity contribution >= 4 is 38.6 Å². The predicted octanol–water partition coefficient (Wildman–Crippen LogP) is 3.55. The van der Waals surface area contributed by atoms with Crippen LogP contribution in [0.3, 0.4) is 0 Å². The van der Waals surface area contributed by atoms with E-state index in [9.17, 15) is 0 Å². The van der Waals surface area contributed by atoms with Crippen LogP contribution < -0.4 is 0 Å². The summed E-state index contributed by atoms with van der Waals surface area (Å²) in [6.45, 7) is 1.81. The highest BCUT2D eigenvalue weighted by Gasteiger charge is 2.05. The third-order valence-electron chi connectivity index (χ3n) is 1.54. The van der Waals surface area contributed by atoms with Crippen LogP contribution in [0.1, 0.15) is 5.89 Å². The number of rotatable bonds is 0. The molecule has 0 aliphatic heterocycles. The third kappa shape index (κ3) is 1.23. The first-order chi connectivity index (χ1) is 5.66. The Balaban J connectivity index is 2.83. The molecular weight excluding hydrogens is 241 g/mol. The number of nitrogens with zero attached hydrogens (tertiary/aromatic N) is 1. The minimum absolute atomic E-state index is 0.638. The first-order valence-electron chi connectivity index (χ1n) is 3.39. The number of halogens is 2. The van der Waals surface area contributed by atoms with Crippen molar-refractivity contribution in [3.8, 4) is 0 Å². The van der Waals surface area contributed by atoms with E-state index in [-0.39, 0.29) is 0 Å². The van der Waals surface area contributed by atoms with Gasteiger partial charge in [0.2, 0.25) is 0 Å². The van der Waals surface area contributed by atoms with E-state index in [1.54, 1.807) is 6.07 Å².